The lowest BCUT2D eigenvalue weighted by molar-refractivity contribution is 0.0466. The van der Waals surface area contributed by atoms with Gasteiger partial charge in [-0.25, -0.2) is 19.2 Å². The number of alkyl carbamates (subject to hydrolysis) is 4. The standard InChI is InChI=1S/C24H29N3O2.C22H24N2O4.C19H21N3.C14H22N2O2.C14H21NO3.CH4.H4N2/c1-24(2,3)29-23(28)27-22(14-18-7-5-4-6-8-18)17-26-15-19-9-10-21-16-25-12-11-20(21)13-19;1-22(2,3)28-21(27)23-16(13-15-9-5-4-6-10-15)14-24-19(25)17-11-7-8-12-18(17)20(24)26;20-19(11-15-4-2-1-3-5-15)14-22-12-16-6-7-18-13-21-9-8-17(18)10-16;1-14(2,3)18-13(17)16-12(10-15)9-11-7-5-4-6-8-11;1-14(2,3)18-13(17)15-12(10-16)9-11-7-5-4-6-8-11;;1-2/h4-13,16,22,26H,14-15,17H2,1-3H3,(H,27,28);4-12,16H,13-14H2,1-3H3,(H,23,27);1-10,13,19,22H,11-12,14,20H2;4-8,12H,9-10,15H2,1-3H3,(H,16,17);4-8,12,16H,9-10H2,1-3H3,(H,15,17);1H4;1-2H2/t22-;16-;19-;2*12-;;/m00000../s1. The second-order valence-corrected chi connectivity index (χ2v) is 32.1. The molecule has 1 aliphatic heterocycles. The largest absolute Gasteiger partial charge is 0.444 e. The van der Waals surface area contributed by atoms with Crippen LogP contribution in [-0.2, 0) is 64.1 Å². The maximum absolute atomic E-state index is 12.7. The molecule has 15 N–H and O–H groups in total. The highest BCUT2D eigenvalue weighted by Gasteiger charge is 2.37. The number of nitrogens with one attached hydrogen (secondary N) is 6. The summed E-state index contributed by atoms with van der Waals surface area (Å²) in [5, 5.41) is 32.1. The Balaban J connectivity index is 0.000000264. The molecule has 0 unspecified atom stereocenters. The number of hydrogen-bond acceptors (Lipinski definition) is 19. The number of pyridine rings is 2. The molecule has 0 radical (unpaired) electrons. The first-order valence-electron chi connectivity index (χ1n) is 39.3. The van der Waals surface area contributed by atoms with E-state index in [1.165, 1.54) is 43.3 Å². The van der Waals surface area contributed by atoms with E-state index in [1.54, 1.807) is 72.0 Å². The van der Waals surface area contributed by atoms with Crippen LogP contribution in [-0.4, -0.2) is 142 Å². The van der Waals surface area contributed by atoms with Crippen LogP contribution < -0.4 is 55.1 Å². The molecule has 0 aliphatic carbocycles. The molecule has 8 aromatic carbocycles. The number of aliphatic hydroxyl groups excluding tert-OH is 1. The number of hydrogen-bond donors (Lipinski definition) is 11. The summed E-state index contributed by atoms with van der Waals surface area (Å²) < 4.78 is 21.1. The predicted molar refractivity (Wildman–Crippen MR) is 471 cm³/mol. The Kier molecular flexibility index (Phi) is 40.8. The molecule has 0 fully saturated rings. The Morgan fingerprint density at radius 2 is 0.695 bits per heavy atom. The van der Waals surface area contributed by atoms with Crippen LogP contribution in [0.2, 0.25) is 0 Å². The van der Waals surface area contributed by atoms with Crippen LogP contribution in [0.15, 0.2) is 249 Å². The van der Waals surface area contributed by atoms with E-state index in [-0.39, 0.29) is 56.6 Å². The van der Waals surface area contributed by atoms with Crippen LogP contribution in [0.3, 0.4) is 0 Å². The van der Waals surface area contributed by atoms with Crippen LogP contribution >= 0.6 is 0 Å². The molecule has 1 aliphatic rings. The number of benzene rings is 8. The molecule has 118 heavy (non-hydrogen) atoms. The van der Waals surface area contributed by atoms with Crippen molar-refractivity contribution in [2.75, 3.05) is 32.8 Å². The molecule has 10 aromatic rings. The highest BCUT2D eigenvalue weighted by Crippen LogP contribution is 2.24. The summed E-state index contributed by atoms with van der Waals surface area (Å²) in [4.78, 5) is 82.6. The van der Waals surface area contributed by atoms with E-state index in [0.717, 1.165) is 54.6 Å². The van der Waals surface area contributed by atoms with Gasteiger partial charge in [0, 0.05) is 86.4 Å². The maximum atomic E-state index is 12.7. The van der Waals surface area contributed by atoms with Crippen molar-refractivity contribution in [1.29, 1.82) is 0 Å². The minimum Gasteiger partial charge on any atom is -0.444 e. The molecule has 0 bridgehead atoms. The van der Waals surface area contributed by atoms with Gasteiger partial charge in [0.2, 0.25) is 0 Å². The Morgan fingerprint density at radius 3 is 1.05 bits per heavy atom. The lowest BCUT2D eigenvalue weighted by Gasteiger charge is -2.26. The zero-order valence-corrected chi connectivity index (χ0v) is 69.7. The molecule has 632 valence electrons. The third-order valence-electron chi connectivity index (χ3n) is 17.2. The van der Waals surface area contributed by atoms with Crippen LogP contribution in [0.1, 0.15) is 150 Å². The van der Waals surface area contributed by atoms with E-state index in [9.17, 15) is 33.9 Å². The van der Waals surface area contributed by atoms with Crippen molar-refractivity contribution in [3.8, 4) is 0 Å². The summed E-state index contributed by atoms with van der Waals surface area (Å²) in [6.07, 6.45) is 8.88. The Hall–Kier alpha value is -11.5. The first-order valence-corrected chi connectivity index (χ1v) is 39.3. The molecule has 5 atom stereocenters. The van der Waals surface area contributed by atoms with Crippen LogP contribution in [0.25, 0.3) is 21.5 Å². The number of nitrogens with two attached hydrogens (primary N) is 4. The fourth-order valence-corrected chi connectivity index (χ4v) is 12.1. The second kappa shape index (κ2) is 49.6. The molecule has 24 nitrogen and oxygen atoms in total. The van der Waals surface area contributed by atoms with E-state index >= 15 is 0 Å². The van der Waals surface area contributed by atoms with Crippen molar-refractivity contribution in [2.45, 2.75) is 188 Å². The Morgan fingerprint density at radius 1 is 0.390 bits per heavy atom. The topological polar surface area (TPSA) is 365 Å². The van der Waals surface area contributed by atoms with E-state index in [2.05, 4.69) is 126 Å². The zero-order valence-electron chi connectivity index (χ0n) is 69.7. The van der Waals surface area contributed by atoms with Gasteiger partial charge in [0.15, 0.2) is 0 Å². The van der Waals surface area contributed by atoms with Crippen molar-refractivity contribution >= 4 is 57.7 Å². The number of aliphatic hydroxyl groups is 1. The summed E-state index contributed by atoms with van der Waals surface area (Å²) in [5.74, 6) is 7.31. The number of rotatable bonds is 26. The van der Waals surface area contributed by atoms with E-state index < -0.39 is 52.8 Å². The minimum atomic E-state index is -0.642. The van der Waals surface area contributed by atoms with Gasteiger partial charge in [-0.2, -0.15) is 0 Å². The summed E-state index contributed by atoms with van der Waals surface area (Å²) in [5.41, 5.74) is 18.6. The number of fused-ring (bicyclic) bond motifs is 3. The van der Waals surface area contributed by atoms with Gasteiger partial charge in [-0.1, -0.05) is 195 Å². The Bertz CT molecular complexity index is 4510. The summed E-state index contributed by atoms with van der Waals surface area (Å²) in [6.45, 7) is 25.2. The fourth-order valence-electron chi connectivity index (χ4n) is 12.1. The number of carbonyl (C=O) groups is 6. The van der Waals surface area contributed by atoms with Crippen molar-refractivity contribution in [1.82, 2.24) is 46.8 Å². The van der Waals surface area contributed by atoms with Gasteiger partial charge in [0.25, 0.3) is 11.8 Å². The first kappa shape index (κ1) is 97.1. The van der Waals surface area contributed by atoms with Gasteiger partial charge in [-0.15, -0.1) is 0 Å². The third kappa shape index (κ3) is 38.1. The second-order valence-electron chi connectivity index (χ2n) is 32.1. The average molecular weight is 1610 g/mol. The van der Waals surface area contributed by atoms with Crippen LogP contribution in [0.5, 0.6) is 0 Å². The van der Waals surface area contributed by atoms with Gasteiger partial charge in [-0.05, 0) is 201 Å². The summed E-state index contributed by atoms with van der Waals surface area (Å²) in [7, 11) is 0. The lowest BCUT2D eigenvalue weighted by atomic mass is 10.1. The van der Waals surface area contributed by atoms with Gasteiger partial charge in [0.1, 0.15) is 22.4 Å². The molecule has 24 heteroatoms. The molecule has 0 saturated carbocycles. The number of hydrazine groups is 1. The minimum absolute atomic E-state index is 0. The van der Waals surface area contributed by atoms with E-state index in [1.807, 2.05) is 188 Å². The summed E-state index contributed by atoms with van der Waals surface area (Å²) >= 11 is 0. The van der Waals surface area contributed by atoms with Gasteiger partial charge < -0.3 is 67.4 Å². The zero-order chi connectivity index (χ0) is 85.4. The molecular formula is C94H125N13O11. The average Bonchev–Trinajstić information content (AvgIpc) is 1.64. The van der Waals surface area contributed by atoms with Gasteiger partial charge in [-0.3, -0.25) is 36.1 Å². The fraction of sp³-hybridized carbons (Fsp3) is 0.362. The van der Waals surface area contributed by atoms with Crippen LogP contribution in [0.4, 0.5) is 19.2 Å². The van der Waals surface area contributed by atoms with Crippen molar-refractivity contribution in [2.24, 2.45) is 23.2 Å². The molecule has 2 aromatic heterocycles. The molecule has 6 amide bonds. The quantitative estimate of drug-likeness (QED) is 0.0104. The van der Waals surface area contributed by atoms with E-state index in [4.69, 9.17) is 30.4 Å². The van der Waals surface area contributed by atoms with Gasteiger partial charge >= 0.3 is 24.4 Å². The molecular weight excluding hydrogens is 1490 g/mol. The van der Waals surface area contributed by atoms with Crippen molar-refractivity contribution in [3.05, 3.63) is 299 Å². The molecule has 11 rings (SSSR count). The lowest BCUT2D eigenvalue weighted by Crippen LogP contribution is -2.48. The molecule has 0 saturated heterocycles. The predicted octanol–water partition coefficient (Wildman–Crippen LogP) is 14.4. The highest BCUT2D eigenvalue weighted by atomic mass is 16.6. The monoisotopic (exact) mass is 1610 g/mol. The Labute approximate surface area is 697 Å². The first-order chi connectivity index (χ1) is 55.7. The van der Waals surface area contributed by atoms with Crippen LogP contribution in [0, 0.1) is 0 Å². The maximum Gasteiger partial charge on any atom is 0.407 e. The van der Waals surface area contributed by atoms with Crippen molar-refractivity contribution < 1.29 is 52.8 Å². The van der Waals surface area contributed by atoms with Gasteiger partial charge in [0.05, 0.1) is 36.4 Å². The normalized spacial score (nSPS) is 12.8. The smallest absolute Gasteiger partial charge is 0.407 e. The summed E-state index contributed by atoms with van der Waals surface area (Å²) in [6, 6.07) is 72.5. The highest BCUT2D eigenvalue weighted by molar-refractivity contribution is 6.21. The van der Waals surface area contributed by atoms with Crippen molar-refractivity contribution in [3.63, 3.8) is 0 Å². The molecule has 0 spiro atoms. The number of imide groups is 1. The number of nitrogens with zero attached hydrogens (tertiary/aromatic N) is 3. The third-order valence-corrected chi connectivity index (χ3v) is 17.2. The number of carbonyl (C=O) groups excluding carboxylic acids is 6. The number of aromatic nitrogens is 2. The molecule has 3 heterocycles. The number of ether oxygens (including phenoxy) is 4. The SMILES string of the molecule is C.CC(C)(C)OC(=O)N[C@@H](Cc1ccccc1)CN1C(=O)c2ccccc2C1=O.CC(C)(C)OC(=O)N[C@H](CN)Cc1ccccc1.CC(C)(C)OC(=O)N[C@H](CNCc1ccc2cnccc2c1)Cc1ccccc1.CC(C)(C)OC(=O)N[C@H](CO)Cc1ccccc1.NN.N[C@H](CNCc1ccc2cnccc2c1)Cc1ccccc1. The number of amides is 6. The van der Waals surface area contributed by atoms with E-state index in [0.29, 0.717) is 43.5 Å².